The molecule has 0 amide bonds. The Kier molecular flexibility index (Phi) is 4.17. The number of ether oxygens (including phenoxy) is 2. The first-order chi connectivity index (χ1) is 9.56. The molecule has 102 valence electrons. The number of carbonyl (C=O) groups is 1. The van der Waals surface area contributed by atoms with Crippen LogP contribution in [0.3, 0.4) is 0 Å². The number of thiazole rings is 1. The summed E-state index contributed by atoms with van der Waals surface area (Å²) < 4.78 is 23.2. The van der Waals surface area contributed by atoms with Crippen molar-refractivity contribution in [1.82, 2.24) is 4.98 Å². The largest absolute Gasteiger partial charge is 0.465 e. The van der Waals surface area contributed by atoms with Crippen LogP contribution in [0.5, 0.6) is 10.9 Å². The van der Waals surface area contributed by atoms with Gasteiger partial charge in [-0.05, 0) is 12.1 Å². The van der Waals surface area contributed by atoms with Gasteiger partial charge in [-0.2, -0.15) is 10.2 Å². The van der Waals surface area contributed by atoms with Crippen molar-refractivity contribution in [1.29, 1.82) is 5.26 Å². The molecular weight excluding hydrogens is 307 g/mol. The number of hydrogen-bond donors (Lipinski definition) is 0. The third kappa shape index (κ3) is 2.71. The highest BCUT2D eigenvalue weighted by atomic mass is 35.5. The van der Waals surface area contributed by atoms with Crippen LogP contribution >= 0.6 is 22.9 Å². The number of esters is 1. The Morgan fingerprint density at radius 3 is 2.95 bits per heavy atom. The molecule has 2 aromatic rings. The summed E-state index contributed by atoms with van der Waals surface area (Å²) in [5.41, 5.74) is -0.251. The van der Waals surface area contributed by atoms with Gasteiger partial charge in [0.1, 0.15) is 17.4 Å². The number of nitriles is 1. The van der Waals surface area contributed by atoms with E-state index >= 15 is 0 Å². The summed E-state index contributed by atoms with van der Waals surface area (Å²) in [5.74, 6) is -1.36. The lowest BCUT2D eigenvalue weighted by Crippen LogP contribution is -1.98. The van der Waals surface area contributed by atoms with Gasteiger partial charge in [-0.25, -0.2) is 9.18 Å². The molecule has 5 nitrogen and oxygen atoms in total. The van der Waals surface area contributed by atoms with Gasteiger partial charge in [0.15, 0.2) is 15.8 Å². The fourth-order valence-electron chi connectivity index (χ4n) is 1.34. The monoisotopic (exact) mass is 312 g/mol. The second-order valence-electron chi connectivity index (χ2n) is 3.42. The third-order valence-corrected chi connectivity index (χ3v) is 3.52. The van der Waals surface area contributed by atoms with Crippen LogP contribution in [0.15, 0.2) is 18.2 Å². The van der Waals surface area contributed by atoms with Crippen LogP contribution in [0.4, 0.5) is 4.39 Å². The highest BCUT2D eigenvalue weighted by Crippen LogP contribution is 2.34. The maximum absolute atomic E-state index is 13.4. The van der Waals surface area contributed by atoms with Gasteiger partial charge in [-0.1, -0.05) is 29.0 Å². The van der Waals surface area contributed by atoms with Crippen molar-refractivity contribution in [3.63, 3.8) is 0 Å². The molecule has 0 atom stereocenters. The van der Waals surface area contributed by atoms with Gasteiger partial charge in [0, 0.05) is 0 Å². The van der Waals surface area contributed by atoms with E-state index in [1.807, 2.05) is 0 Å². The van der Waals surface area contributed by atoms with Gasteiger partial charge in [-0.3, -0.25) is 0 Å². The van der Waals surface area contributed by atoms with E-state index in [2.05, 4.69) is 9.72 Å². The van der Waals surface area contributed by atoms with Crippen LogP contribution in [0.1, 0.15) is 15.2 Å². The number of methoxy groups -OCH3 is 1. The minimum atomic E-state index is -0.708. The van der Waals surface area contributed by atoms with Crippen LogP contribution in [0.25, 0.3) is 0 Å². The third-order valence-electron chi connectivity index (χ3n) is 2.22. The first kappa shape index (κ1) is 14.2. The highest BCUT2D eigenvalue weighted by Gasteiger charge is 2.19. The molecule has 0 radical (unpaired) electrons. The zero-order chi connectivity index (χ0) is 14.7. The van der Waals surface area contributed by atoms with Crippen molar-refractivity contribution in [3.05, 3.63) is 39.6 Å². The Balaban J connectivity index is 2.35. The second-order valence-corrected chi connectivity index (χ2v) is 4.74. The fraction of sp³-hybridized carbons (Fsp3) is 0.0833. The van der Waals surface area contributed by atoms with Crippen LogP contribution in [0, 0.1) is 17.1 Å². The lowest BCUT2D eigenvalue weighted by molar-refractivity contribution is 0.0606. The molecule has 0 bridgehead atoms. The van der Waals surface area contributed by atoms with E-state index in [9.17, 15) is 9.18 Å². The topological polar surface area (TPSA) is 72.2 Å². The van der Waals surface area contributed by atoms with E-state index in [0.717, 1.165) is 17.4 Å². The average molecular weight is 313 g/mol. The maximum atomic E-state index is 13.4. The number of halogens is 2. The van der Waals surface area contributed by atoms with Gasteiger partial charge in [-0.15, -0.1) is 0 Å². The Labute approximate surface area is 122 Å². The van der Waals surface area contributed by atoms with Gasteiger partial charge in [0.25, 0.3) is 5.19 Å². The summed E-state index contributed by atoms with van der Waals surface area (Å²) in [5, 5.41) is 8.81. The smallest absolute Gasteiger partial charge is 0.351 e. The van der Waals surface area contributed by atoms with E-state index in [-0.39, 0.29) is 26.5 Å². The summed E-state index contributed by atoms with van der Waals surface area (Å²) in [6.07, 6.45) is 0. The Morgan fingerprint density at radius 1 is 1.55 bits per heavy atom. The summed E-state index contributed by atoms with van der Waals surface area (Å²) in [6.45, 7) is 0. The Hall–Kier alpha value is -2.17. The van der Waals surface area contributed by atoms with Crippen LogP contribution in [-0.2, 0) is 4.74 Å². The van der Waals surface area contributed by atoms with Gasteiger partial charge in [0.2, 0.25) is 0 Å². The van der Waals surface area contributed by atoms with E-state index in [0.29, 0.717) is 0 Å². The van der Waals surface area contributed by atoms with E-state index < -0.39 is 11.8 Å². The molecule has 0 aliphatic rings. The number of carbonyl (C=O) groups excluding carboxylic acids is 1. The minimum Gasteiger partial charge on any atom is -0.465 e. The second kappa shape index (κ2) is 5.86. The Bertz CT molecular complexity index is 711. The number of nitrogens with zero attached hydrogens (tertiary/aromatic N) is 2. The van der Waals surface area contributed by atoms with E-state index in [1.165, 1.54) is 19.2 Å². The zero-order valence-corrected chi connectivity index (χ0v) is 11.6. The highest BCUT2D eigenvalue weighted by molar-refractivity contribution is 7.15. The predicted octanol–water partition coefficient (Wildman–Crippen LogP) is 3.39. The molecule has 0 N–H and O–H groups in total. The molecule has 0 spiro atoms. The average Bonchev–Trinajstić information content (AvgIpc) is 2.79. The van der Waals surface area contributed by atoms with Crippen molar-refractivity contribution in [2.45, 2.75) is 0 Å². The van der Waals surface area contributed by atoms with Crippen molar-refractivity contribution in [3.8, 4) is 17.0 Å². The number of benzene rings is 1. The first-order valence-electron chi connectivity index (χ1n) is 5.18. The first-order valence-corrected chi connectivity index (χ1v) is 6.37. The molecule has 1 heterocycles. The molecule has 0 fully saturated rings. The summed E-state index contributed by atoms with van der Waals surface area (Å²) in [7, 11) is 1.21. The number of hydrogen-bond acceptors (Lipinski definition) is 6. The van der Waals surface area contributed by atoms with Gasteiger partial charge >= 0.3 is 5.97 Å². The van der Waals surface area contributed by atoms with Gasteiger partial charge in [0.05, 0.1) is 7.11 Å². The Morgan fingerprint density at radius 2 is 2.30 bits per heavy atom. The standard InChI is InChI=1S/C12H6ClFN2O3S/c1-18-11(17)9-10(13)16-12(20-9)19-8-4-2-3-7(14)6(8)5-15/h2-4H,1H3. The minimum absolute atomic E-state index is 0.00525. The van der Waals surface area contributed by atoms with Crippen LogP contribution in [0.2, 0.25) is 5.15 Å². The van der Waals surface area contributed by atoms with Crippen molar-refractivity contribution >= 4 is 28.9 Å². The fourth-order valence-corrected chi connectivity index (χ4v) is 2.40. The number of rotatable bonds is 3. The van der Waals surface area contributed by atoms with Gasteiger partial charge < -0.3 is 9.47 Å². The molecule has 0 saturated carbocycles. The predicted molar refractivity (Wildman–Crippen MR) is 69.7 cm³/mol. The molecule has 0 unspecified atom stereocenters. The normalized spacial score (nSPS) is 9.90. The molecule has 0 aliphatic heterocycles. The molecule has 20 heavy (non-hydrogen) atoms. The van der Waals surface area contributed by atoms with Crippen LogP contribution in [-0.4, -0.2) is 18.1 Å². The molecule has 2 rings (SSSR count). The maximum Gasteiger partial charge on any atom is 0.351 e. The van der Waals surface area contributed by atoms with Crippen molar-refractivity contribution in [2.75, 3.05) is 7.11 Å². The molecule has 0 aliphatic carbocycles. The lowest BCUT2D eigenvalue weighted by Gasteiger charge is -2.03. The van der Waals surface area contributed by atoms with Crippen LogP contribution < -0.4 is 4.74 Å². The summed E-state index contributed by atoms with van der Waals surface area (Å²) >= 11 is 6.61. The SMILES string of the molecule is COC(=O)c1sc(Oc2cccc(F)c2C#N)nc1Cl. The lowest BCUT2D eigenvalue weighted by atomic mass is 10.2. The summed E-state index contributed by atoms with van der Waals surface area (Å²) in [6, 6.07) is 5.63. The molecule has 0 saturated heterocycles. The molecule has 1 aromatic carbocycles. The number of aromatic nitrogens is 1. The molecular formula is C12H6ClFN2O3S. The van der Waals surface area contributed by atoms with E-state index in [1.54, 1.807) is 6.07 Å². The molecule has 8 heteroatoms. The quantitative estimate of drug-likeness (QED) is 0.812. The molecule has 1 aromatic heterocycles. The summed E-state index contributed by atoms with van der Waals surface area (Å²) in [4.78, 5) is 15.3. The van der Waals surface area contributed by atoms with E-state index in [4.69, 9.17) is 21.6 Å². The van der Waals surface area contributed by atoms with Crippen molar-refractivity contribution < 1.29 is 18.7 Å². The van der Waals surface area contributed by atoms with Crippen molar-refractivity contribution in [2.24, 2.45) is 0 Å². The zero-order valence-electron chi connectivity index (χ0n) is 10.0.